The summed E-state index contributed by atoms with van der Waals surface area (Å²) < 4.78 is 13.6. The fourth-order valence-electron chi connectivity index (χ4n) is 3.19. The van der Waals surface area contributed by atoms with Crippen molar-refractivity contribution >= 4 is 17.6 Å². The number of nitrogens with zero attached hydrogens (tertiary/aromatic N) is 1. The maximum Gasteiger partial charge on any atom is 0.341 e. The summed E-state index contributed by atoms with van der Waals surface area (Å²) >= 11 is 6.42. The minimum absolute atomic E-state index is 0.139. The Kier molecular flexibility index (Phi) is 5.70. The Balaban J connectivity index is 2.19. The molecular weight excluding hydrogens is 382 g/mol. The van der Waals surface area contributed by atoms with Crippen molar-refractivity contribution in [3.05, 3.63) is 45.2 Å². The molecule has 7 heteroatoms. The highest BCUT2D eigenvalue weighted by atomic mass is 35.5. The van der Waals surface area contributed by atoms with Gasteiger partial charge in [-0.2, -0.15) is 0 Å². The fraction of sp³-hybridized carbons (Fsp3) is 0.429. The van der Waals surface area contributed by atoms with Crippen molar-refractivity contribution in [1.29, 1.82) is 0 Å². The van der Waals surface area contributed by atoms with E-state index in [0.29, 0.717) is 46.9 Å². The highest BCUT2D eigenvalue weighted by Crippen LogP contribution is 2.42. The highest BCUT2D eigenvalue weighted by Gasteiger charge is 2.28. The minimum Gasteiger partial charge on any atom is -0.492 e. The molecule has 0 aliphatic carbocycles. The van der Waals surface area contributed by atoms with Crippen LogP contribution in [0.3, 0.4) is 0 Å². The topological polar surface area (TPSA) is 77.8 Å². The van der Waals surface area contributed by atoms with Crippen molar-refractivity contribution in [3.8, 4) is 22.8 Å². The van der Waals surface area contributed by atoms with E-state index in [1.54, 1.807) is 12.1 Å². The molecule has 1 atom stereocenters. The van der Waals surface area contributed by atoms with Gasteiger partial charge in [0.1, 0.15) is 23.7 Å². The Labute approximate surface area is 168 Å². The van der Waals surface area contributed by atoms with Crippen LogP contribution in [0.15, 0.2) is 29.2 Å². The Hall–Kier alpha value is -2.47. The van der Waals surface area contributed by atoms with Gasteiger partial charge in [-0.3, -0.25) is 4.79 Å². The third-order valence-electron chi connectivity index (χ3n) is 4.73. The number of rotatable bonds is 5. The fourth-order valence-corrected chi connectivity index (χ4v) is 3.41. The summed E-state index contributed by atoms with van der Waals surface area (Å²) in [6.45, 7) is 9.00. The van der Waals surface area contributed by atoms with E-state index in [2.05, 4.69) is 0 Å². The number of aromatic nitrogens is 1. The van der Waals surface area contributed by atoms with Crippen molar-refractivity contribution in [2.75, 3.05) is 13.2 Å². The van der Waals surface area contributed by atoms with Gasteiger partial charge in [0.05, 0.1) is 23.4 Å². The van der Waals surface area contributed by atoms with Crippen LogP contribution in [0.4, 0.5) is 0 Å². The summed E-state index contributed by atoms with van der Waals surface area (Å²) in [6, 6.07) is 4.65. The molecule has 1 aliphatic heterocycles. The van der Waals surface area contributed by atoms with Gasteiger partial charge in [-0.25, -0.2) is 4.79 Å². The van der Waals surface area contributed by atoms with Gasteiger partial charge in [0.15, 0.2) is 5.43 Å². The average molecular weight is 406 g/mol. The third-order valence-corrected chi connectivity index (χ3v) is 5.02. The maximum atomic E-state index is 12.4. The molecule has 2 aromatic rings. The van der Waals surface area contributed by atoms with Crippen LogP contribution in [0.1, 0.15) is 44.1 Å². The molecule has 0 amide bonds. The number of benzene rings is 1. The predicted octanol–water partition coefficient (Wildman–Crippen LogP) is 4.49. The van der Waals surface area contributed by atoms with Gasteiger partial charge in [-0.15, -0.1) is 0 Å². The Morgan fingerprint density at radius 1 is 1.32 bits per heavy atom. The van der Waals surface area contributed by atoms with E-state index in [-0.39, 0.29) is 17.5 Å². The van der Waals surface area contributed by atoms with Crippen LogP contribution in [-0.4, -0.2) is 28.9 Å². The minimum atomic E-state index is -1.25. The van der Waals surface area contributed by atoms with Gasteiger partial charge >= 0.3 is 5.97 Å². The number of carbonyl (C=O) groups is 1. The first-order valence-corrected chi connectivity index (χ1v) is 9.65. The molecular formula is C21H24ClNO5. The highest BCUT2D eigenvalue weighted by molar-refractivity contribution is 6.32. The number of carboxylic acids is 1. The molecule has 0 radical (unpaired) electrons. The molecule has 0 spiro atoms. The first kappa shape index (κ1) is 20.3. The molecule has 1 aliphatic rings. The molecule has 2 heterocycles. The average Bonchev–Trinajstić information content (AvgIpc) is 2.75. The number of ether oxygens (including phenoxy) is 2. The van der Waals surface area contributed by atoms with E-state index in [1.807, 2.05) is 32.3 Å². The zero-order chi connectivity index (χ0) is 20.6. The molecule has 3 rings (SSSR count). The molecule has 1 aromatic heterocycles. The predicted molar refractivity (Wildman–Crippen MR) is 108 cm³/mol. The number of halogens is 1. The van der Waals surface area contributed by atoms with Gasteiger partial charge < -0.3 is 19.1 Å². The van der Waals surface area contributed by atoms with Crippen LogP contribution in [0.25, 0.3) is 11.3 Å². The summed E-state index contributed by atoms with van der Waals surface area (Å²) in [7, 11) is 0. The zero-order valence-corrected chi connectivity index (χ0v) is 17.1. The molecule has 1 N–H and O–H groups in total. The van der Waals surface area contributed by atoms with E-state index < -0.39 is 11.4 Å². The number of aromatic carboxylic acids is 1. The number of pyridine rings is 1. The van der Waals surface area contributed by atoms with E-state index in [1.165, 1.54) is 12.3 Å². The molecule has 0 fully saturated rings. The molecule has 0 saturated carbocycles. The Bertz CT molecular complexity index is 964. The molecule has 28 heavy (non-hydrogen) atoms. The van der Waals surface area contributed by atoms with E-state index >= 15 is 0 Å². The first-order chi connectivity index (χ1) is 13.2. The zero-order valence-electron chi connectivity index (χ0n) is 16.4. The summed E-state index contributed by atoms with van der Waals surface area (Å²) in [5.74, 6) is 0.332. The van der Waals surface area contributed by atoms with E-state index in [0.717, 1.165) is 0 Å². The summed E-state index contributed by atoms with van der Waals surface area (Å²) in [5, 5.41) is 9.77. The standard InChI is InChI=1S/C21H24ClNO5/c1-11(2)9-27-20-7-19-13(5-15(20)22)16-6-18(24)14(21(25)26)8-23(16)17(10-28-19)12(3)4/h5-8,11-12,17H,9-10H2,1-4H3,(H,25,26). The van der Waals surface area contributed by atoms with Crippen LogP contribution in [0.2, 0.25) is 5.02 Å². The lowest BCUT2D eigenvalue weighted by Crippen LogP contribution is -2.25. The monoisotopic (exact) mass is 405 g/mol. The van der Waals surface area contributed by atoms with Crippen LogP contribution >= 0.6 is 11.6 Å². The van der Waals surface area contributed by atoms with Crippen LogP contribution in [0, 0.1) is 11.8 Å². The number of hydrogen-bond donors (Lipinski definition) is 1. The van der Waals surface area contributed by atoms with Gasteiger partial charge in [0.25, 0.3) is 0 Å². The van der Waals surface area contributed by atoms with Gasteiger partial charge in [-0.1, -0.05) is 39.3 Å². The molecule has 1 aromatic carbocycles. The second kappa shape index (κ2) is 7.87. The van der Waals surface area contributed by atoms with Gasteiger partial charge in [0.2, 0.25) is 0 Å². The second-order valence-corrected chi connectivity index (χ2v) is 8.16. The largest absolute Gasteiger partial charge is 0.492 e. The second-order valence-electron chi connectivity index (χ2n) is 7.76. The van der Waals surface area contributed by atoms with Crippen molar-refractivity contribution < 1.29 is 19.4 Å². The van der Waals surface area contributed by atoms with Crippen molar-refractivity contribution in [2.24, 2.45) is 11.8 Å². The third kappa shape index (κ3) is 3.87. The van der Waals surface area contributed by atoms with Crippen LogP contribution < -0.4 is 14.9 Å². The molecule has 150 valence electrons. The van der Waals surface area contributed by atoms with Gasteiger partial charge in [0, 0.05) is 23.9 Å². The first-order valence-electron chi connectivity index (χ1n) is 9.28. The smallest absolute Gasteiger partial charge is 0.341 e. The van der Waals surface area contributed by atoms with E-state index in [9.17, 15) is 14.7 Å². The lowest BCUT2D eigenvalue weighted by Gasteiger charge is -2.24. The normalized spacial score (nSPS) is 15.6. The number of carboxylic acid groups (broad SMARTS) is 1. The molecule has 6 nitrogen and oxygen atoms in total. The summed E-state index contributed by atoms with van der Waals surface area (Å²) in [4.78, 5) is 23.8. The van der Waals surface area contributed by atoms with E-state index in [4.69, 9.17) is 21.1 Å². The van der Waals surface area contributed by atoms with Crippen molar-refractivity contribution in [2.45, 2.75) is 33.7 Å². The summed E-state index contributed by atoms with van der Waals surface area (Å²) in [5.41, 5.74) is 0.406. The van der Waals surface area contributed by atoms with Crippen LogP contribution in [0.5, 0.6) is 11.5 Å². The Morgan fingerprint density at radius 3 is 2.64 bits per heavy atom. The molecule has 0 bridgehead atoms. The quantitative estimate of drug-likeness (QED) is 0.792. The number of hydrogen-bond acceptors (Lipinski definition) is 4. The SMILES string of the molecule is CC(C)COc1cc2c(cc1Cl)-c1cc(=O)c(C(=O)O)cn1C(C(C)C)CO2. The molecule has 0 saturated heterocycles. The lowest BCUT2D eigenvalue weighted by molar-refractivity contribution is 0.0694. The number of fused-ring (bicyclic) bond motifs is 3. The van der Waals surface area contributed by atoms with Gasteiger partial charge in [-0.05, 0) is 17.9 Å². The van der Waals surface area contributed by atoms with Crippen LogP contribution in [-0.2, 0) is 0 Å². The van der Waals surface area contributed by atoms with Crippen molar-refractivity contribution in [1.82, 2.24) is 4.57 Å². The maximum absolute atomic E-state index is 12.4. The lowest BCUT2D eigenvalue weighted by atomic mass is 10.0. The molecule has 1 unspecified atom stereocenters. The Morgan fingerprint density at radius 2 is 2.04 bits per heavy atom. The van der Waals surface area contributed by atoms with Crippen molar-refractivity contribution in [3.63, 3.8) is 0 Å². The summed E-state index contributed by atoms with van der Waals surface area (Å²) in [6.07, 6.45) is 1.40.